The van der Waals surface area contributed by atoms with Crippen LogP contribution in [0.15, 0.2) is 212 Å². The van der Waals surface area contributed by atoms with Crippen molar-refractivity contribution in [3.05, 3.63) is 218 Å². The second-order valence-corrected chi connectivity index (χ2v) is 16.2. The highest BCUT2D eigenvalue weighted by Gasteiger charge is 2.18. The van der Waals surface area contributed by atoms with Crippen molar-refractivity contribution in [2.24, 2.45) is 0 Å². The van der Waals surface area contributed by atoms with Gasteiger partial charge in [0.2, 0.25) is 5.28 Å². The summed E-state index contributed by atoms with van der Waals surface area (Å²) >= 11 is 6.29. The van der Waals surface area contributed by atoms with Gasteiger partial charge in [0.05, 0.1) is 5.56 Å². The van der Waals surface area contributed by atoms with Gasteiger partial charge in [0.15, 0.2) is 29.1 Å². The summed E-state index contributed by atoms with van der Waals surface area (Å²) in [5.41, 5.74) is 4.06. The molecule has 0 aliphatic carbocycles. The Hall–Kier alpha value is -9.25. The van der Waals surface area contributed by atoms with E-state index in [0.29, 0.717) is 34.7 Å². The highest BCUT2D eigenvalue weighted by Crippen LogP contribution is 2.36. The van der Waals surface area contributed by atoms with Gasteiger partial charge in [-0.15, -0.1) is 0 Å². The summed E-state index contributed by atoms with van der Waals surface area (Å²) in [5.74, 6) is 2.56. The predicted molar refractivity (Wildman–Crippen MR) is 275 cm³/mol. The lowest BCUT2D eigenvalue weighted by molar-refractivity contribution is 0.450. The topological polar surface area (TPSA) is 158 Å². The Morgan fingerprint density at radius 2 is 0.551 bits per heavy atom. The van der Waals surface area contributed by atoms with E-state index in [0.717, 1.165) is 65.3 Å². The summed E-state index contributed by atoms with van der Waals surface area (Å²) in [7, 11) is 0. The normalized spacial score (nSPS) is 10.9. The molecule has 0 unspecified atom stereocenters. The number of phenols is 4. The van der Waals surface area contributed by atoms with Crippen LogP contribution in [-0.4, -0.2) is 50.3 Å². The van der Waals surface area contributed by atoms with Crippen molar-refractivity contribution in [1.29, 1.82) is 0 Å². The first kappa shape index (κ1) is 43.6. The average Bonchev–Trinajstić information content (AvgIpc) is 3.38. The molecule has 4 N–H and O–H groups in total. The Kier molecular flexibility index (Phi) is 12.2. The van der Waals surface area contributed by atoms with Gasteiger partial charge in [-0.2, -0.15) is 9.97 Å². The maximum atomic E-state index is 10.6. The zero-order valence-electron chi connectivity index (χ0n) is 36.6. The van der Waals surface area contributed by atoms with Crippen LogP contribution < -0.4 is 0 Å². The molecule has 0 aliphatic heterocycles. The van der Waals surface area contributed by atoms with Crippen molar-refractivity contribution in [1.82, 2.24) is 29.9 Å². The summed E-state index contributed by atoms with van der Waals surface area (Å²) in [4.78, 5) is 28.0. The van der Waals surface area contributed by atoms with Gasteiger partial charge in [-0.25, -0.2) is 19.9 Å². The van der Waals surface area contributed by atoms with Crippen LogP contribution in [0, 0.1) is 0 Å². The molecule has 0 atom stereocenters. The van der Waals surface area contributed by atoms with Crippen molar-refractivity contribution in [2.45, 2.75) is 0 Å². The molecule has 12 aromatic rings. The van der Waals surface area contributed by atoms with E-state index in [1.165, 1.54) is 30.3 Å². The molecule has 0 fully saturated rings. The maximum Gasteiger partial charge on any atom is 0.226 e. The second kappa shape index (κ2) is 19.3. The smallest absolute Gasteiger partial charge is 0.226 e. The van der Waals surface area contributed by atoms with Crippen molar-refractivity contribution in [3.63, 3.8) is 0 Å². The van der Waals surface area contributed by atoms with Crippen molar-refractivity contribution in [3.8, 4) is 79.9 Å². The lowest BCUT2D eigenvalue weighted by Crippen LogP contribution is -2.01. The minimum absolute atomic E-state index is 0.0288. The van der Waals surface area contributed by atoms with E-state index in [2.05, 4.69) is 70.6 Å². The van der Waals surface area contributed by atoms with Crippen LogP contribution in [0.3, 0.4) is 0 Å². The van der Waals surface area contributed by atoms with E-state index < -0.39 is 0 Å². The Bertz CT molecular complexity index is 3620. The summed E-state index contributed by atoms with van der Waals surface area (Å²) in [6, 6.07) is 67.1. The molecule has 12 rings (SSSR count). The minimum atomic E-state index is -0.0982. The van der Waals surface area contributed by atoms with Gasteiger partial charge in [-0.3, -0.25) is 0 Å². The van der Waals surface area contributed by atoms with Gasteiger partial charge in [-0.1, -0.05) is 176 Å². The monoisotopic (exact) mass is 918 g/mol. The number of benzene rings is 10. The van der Waals surface area contributed by atoms with Crippen molar-refractivity contribution < 1.29 is 20.4 Å². The molecule has 2 aromatic heterocycles. The second-order valence-electron chi connectivity index (χ2n) is 15.9. The lowest BCUT2D eigenvalue weighted by Gasteiger charge is -2.12. The molecule has 10 aromatic carbocycles. The standard InChI is InChI=1S/C29H19N3O2.C23H14ClN3.C6H6O2/c33-20-15-16-25(26(34)17-20)29-31-27(23-13-5-9-18-7-1-3-11-21(18)23)30-28(32-29)24-14-6-10-19-8-2-4-12-22(19)24;24-23-26-21(19-13-5-9-15-7-1-3-11-17(15)19)25-22(27-23)20-14-6-10-16-8-2-4-12-18(16)20;7-5-2-1-3-6(8)4-5/h1-17,33-34H;1-14H;1-4,7-8H. The third-order valence-corrected chi connectivity index (χ3v) is 11.6. The van der Waals surface area contributed by atoms with Crippen LogP contribution in [0.5, 0.6) is 23.0 Å². The Balaban J connectivity index is 0.000000141. The average molecular weight is 919 g/mol. The third-order valence-electron chi connectivity index (χ3n) is 11.4. The fourth-order valence-electron chi connectivity index (χ4n) is 8.21. The van der Waals surface area contributed by atoms with Crippen LogP contribution >= 0.6 is 11.6 Å². The molecule has 0 radical (unpaired) electrons. The predicted octanol–water partition coefficient (Wildman–Crippen LogP) is 13.9. The van der Waals surface area contributed by atoms with Crippen LogP contribution in [0.2, 0.25) is 5.28 Å². The van der Waals surface area contributed by atoms with Gasteiger partial charge < -0.3 is 20.4 Å². The largest absolute Gasteiger partial charge is 0.508 e. The summed E-state index contributed by atoms with van der Waals surface area (Å²) < 4.78 is 0. The Labute approximate surface area is 400 Å². The molecule has 0 bridgehead atoms. The molecule has 0 saturated carbocycles. The van der Waals surface area contributed by atoms with E-state index in [-0.39, 0.29) is 28.3 Å². The number of rotatable bonds is 5. The number of aromatic hydroxyl groups is 4. The number of fused-ring (bicyclic) bond motifs is 4. The van der Waals surface area contributed by atoms with Crippen molar-refractivity contribution >= 4 is 54.7 Å². The zero-order chi connectivity index (χ0) is 47.3. The van der Waals surface area contributed by atoms with E-state index in [1.807, 2.05) is 109 Å². The fourth-order valence-corrected chi connectivity index (χ4v) is 8.37. The number of hydrogen-bond acceptors (Lipinski definition) is 10. The minimum Gasteiger partial charge on any atom is -0.508 e. The molecular weight excluding hydrogens is 880 g/mol. The lowest BCUT2D eigenvalue weighted by atomic mass is 10.0. The number of aromatic nitrogens is 6. The van der Waals surface area contributed by atoms with Gasteiger partial charge in [0.25, 0.3) is 0 Å². The van der Waals surface area contributed by atoms with Crippen LogP contribution in [0.25, 0.3) is 100 Å². The fraction of sp³-hybridized carbons (Fsp3) is 0. The molecule has 0 amide bonds. The van der Waals surface area contributed by atoms with E-state index in [1.54, 1.807) is 12.1 Å². The quantitative estimate of drug-likeness (QED) is 0.131. The first-order chi connectivity index (χ1) is 33.8. The Morgan fingerprint density at radius 1 is 0.261 bits per heavy atom. The van der Waals surface area contributed by atoms with Gasteiger partial charge in [0, 0.05) is 34.4 Å². The van der Waals surface area contributed by atoms with Gasteiger partial charge in [0.1, 0.15) is 23.0 Å². The summed E-state index contributed by atoms with van der Waals surface area (Å²) in [6.45, 7) is 0. The molecule has 0 saturated heterocycles. The highest BCUT2D eigenvalue weighted by atomic mass is 35.5. The van der Waals surface area contributed by atoms with E-state index in [4.69, 9.17) is 41.7 Å². The summed E-state index contributed by atoms with van der Waals surface area (Å²) in [5, 5.41) is 46.5. The molecule has 10 nitrogen and oxygen atoms in total. The first-order valence-electron chi connectivity index (χ1n) is 21.9. The zero-order valence-corrected chi connectivity index (χ0v) is 37.3. The summed E-state index contributed by atoms with van der Waals surface area (Å²) in [6.07, 6.45) is 0. The molecule has 69 heavy (non-hydrogen) atoms. The molecule has 332 valence electrons. The molecular formula is C58H39ClN6O4. The maximum absolute atomic E-state index is 10.6. The molecule has 2 heterocycles. The first-order valence-corrected chi connectivity index (χ1v) is 22.2. The van der Waals surface area contributed by atoms with Crippen molar-refractivity contribution in [2.75, 3.05) is 0 Å². The molecule has 0 spiro atoms. The highest BCUT2D eigenvalue weighted by molar-refractivity contribution is 6.28. The number of phenolic OH excluding ortho intramolecular Hbond substituents is 4. The van der Waals surface area contributed by atoms with Gasteiger partial charge in [-0.05, 0) is 79.0 Å². The van der Waals surface area contributed by atoms with E-state index >= 15 is 0 Å². The molecule has 0 aliphatic rings. The van der Waals surface area contributed by atoms with E-state index in [9.17, 15) is 10.2 Å². The van der Waals surface area contributed by atoms with Crippen LogP contribution in [0.4, 0.5) is 0 Å². The van der Waals surface area contributed by atoms with Crippen LogP contribution in [0.1, 0.15) is 0 Å². The number of hydrogen-bond donors (Lipinski definition) is 4. The third kappa shape index (κ3) is 9.42. The van der Waals surface area contributed by atoms with Crippen LogP contribution in [-0.2, 0) is 0 Å². The van der Waals surface area contributed by atoms with Gasteiger partial charge >= 0.3 is 0 Å². The SMILES string of the molecule is Clc1nc(-c2cccc3ccccc23)nc(-c2cccc3ccccc23)n1.Oc1ccc(-c2nc(-c3cccc4ccccc34)nc(-c3cccc4ccccc34)n2)c(O)c1.Oc1cccc(O)c1. The Morgan fingerprint density at radius 3 is 0.884 bits per heavy atom. The number of nitrogens with zero attached hydrogens (tertiary/aromatic N) is 6. The molecule has 11 heteroatoms. The number of halogens is 1.